The molecule has 2 aliphatic heterocycles. The summed E-state index contributed by atoms with van der Waals surface area (Å²) in [6.45, 7) is 9.52. The normalized spacial score (nSPS) is 24.7. The molecule has 0 aromatic carbocycles. The van der Waals surface area contributed by atoms with E-state index in [2.05, 4.69) is 47.6 Å². The number of hydrogen-bond donors (Lipinski definition) is 0. The van der Waals surface area contributed by atoms with E-state index in [1.54, 1.807) is 6.34 Å². The van der Waals surface area contributed by atoms with Crippen molar-refractivity contribution in [3.05, 3.63) is 0 Å². The van der Waals surface area contributed by atoms with Gasteiger partial charge in [0.15, 0.2) is 5.84 Å². The predicted octanol–water partition coefficient (Wildman–Crippen LogP) is 1.57. The van der Waals surface area contributed by atoms with Gasteiger partial charge in [0.05, 0.1) is 6.54 Å². The number of hydrogen-bond acceptors (Lipinski definition) is 4. The molecule has 0 bridgehead atoms. The molecule has 0 spiro atoms. The Kier molecular flexibility index (Phi) is 2.59. The van der Waals surface area contributed by atoms with Crippen molar-refractivity contribution in [3.63, 3.8) is 0 Å². The van der Waals surface area contributed by atoms with Crippen LogP contribution in [0.5, 0.6) is 0 Å². The van der Waals surface area contributed by atoms with E-state index in [0.29, 0.717) is 12.0 Å². The first-order valence-electron chi connectivity index (χ1n) is 5.54. The van der Waals surface area contributed by atoms with Crippen LogP contribution in [-0.4, -0.2) is 41.5 Å². The summed E-state index contributed by atoms with van der Waals surface area (Å²) in [6, 6.07) is 0.726. The Morgan fingerprint density at radius 2 is 2.07 bits per heavy atom. The van der Waals surface area contributed by atoms with Crippen LogP contribution in [0.15, 0.2) is 15.0 Å². The lowest BCUT2D eigenvalue weighted by Crippen LogP contribution is -2.46. The molecule has 1 atom stereocenters. The minimum absolute atomic E-state index is 0.271. The molecule has 0 aromatic rings. The fraction of sp³-hybridized carbons (Fsp3) is 0.727. The number of aliphatic imine (C=N–C) groups is 3. The fourth-order valence-corrected chi connectivity index (χ4v) is 2.12. The summed E-state index contributed by atoms with van der Waals surface area (Å²) in [5, 5.41) is 0. The van der Waals surface area contributed by atoms with Crippen LogP contribution in [0.1, 0.15) is 27.7 Å². The Morgan fingerprint density at radius 3 is 2.67 bits per heavy atom. The molecule has 2 rings (SSSR count). The van der Waals surface area contributed by atoms with Gasteiger partial charge in [0, 0.05) is 12.0 Å². The number of nitrogens with zero attached hydrogens (tertiary/aromatic N) is 4. The fourth-order valence-electron chi connectivity index (χ4n) is 2.12. The average Bonchev–Trinajstić information content (AvgIpc) is 2.56. The van der Waals surface area contributed by atoms with Crippen LogP contribution in [0.25, 0.3) is 0 Å². The van der Waals surface area contributed by atoms with Gasteiger partial charge in [-0.2, -0.15) is 0 Å². The Labute approximate surface area is 90.8 Å². The maximum Gasteiger partial charge on any atom is 0.156 e. The molecule has 2 aliphatic rings. The SMILES string of the molecule is CC(C)C1=NC2=NC=NCC2N1C(C)C. The highest BCUT2D eigenvalue weighted by molar-refractivity contribution is 6.09. The van der Waals surface area contributed by atoms with Crippen LogP contribution >= 0.6 is 0 Å². The van der Waals surface area contributed by atoms with E-state index in [1.807, 2.05) is 0 Å². The highest BCUT2D eigenvalue weighted by atomic mass is 15.3. The van der Waals surface area contributed by atoms with Gasteiger partial charge in [-0.3, -0.25) is 4.99 Å². The van der Waals surface area contributed by atoms with Crippen molar-refractivity contribution < 1.29 is 0 Å². The quantitative estimate of drug-likeness (QED) is 0.676. The van der Waals surface area contributed by atoms with E-state index in [9.17, 15) is 0 Å². The largest absolute Gasteiger partial charge is 0.345 e. The molecule has 0 radical (unpaired) electrons. The molecule has 0 saturated carbocycles. The van der Waals surface area contributed by atoms with Crippen LogP contribution in [0.2, 0.25) is 0 Å². The number of rotatable bonds is 2. The summed E-state index contributed by atoms with van der Waals surface area (Å²) in [7, 11) is 0. The van der Waals surface area contributed by atoms with Gasteiger partial charge in [0.1, 0.15) is 18.2 Å². The third-order valence-corrected chi connectivity index (χ3v) is 2.75. The van der Waals surface area contributed by atoms with Crippen LogP contribution in [0.4, 0.5) is 0 Å². The van der Waals surface area contributed by atoms with E-state index in [1.165, 1.54) is 0 Å². The van der Waals surface area contributed by atoms with E-state index in [-0.39, 0.29) is 6.04 Å². The maximum absolute atomic E-state index is 4.61. The highest BCUT2D eigenvalue weighted by Crippen LogP contribution is 2.22. The zero-order valence-corrected chi connectivity index (χ0v) is 9.81. The van der Waals surface area contributed by atoms with Crippen LogP contribution in [0, 0.1) is 5.92 Å². The van der Waals surface area contributed by atoms with E-state index < -0.39 is 0 Å². The Hall–Kier alpha value is -1.19. The lowest BCUT2D eigenvalue weighted by molar-refractivity contribution is 0.315. The summed E-state index contributed by atoms with van der Waals surface area (Å²) in [5.74, 6) is 2.53. The highest BCUT2D eigenvalue weighted by Gasteiger charge is 2.36. The van der Waals surface area contributed by atoms with E-state index >= 15 is 0 Å². The summed E-state index contributed by atoms with van der Waals surface area (Å²) in [4.78, 5) is 15.4. The molecule has 0 aromatic heterocycles. The molecule has 82 valence electrons. The second-order valence-corrected chi connectivity index (χ2v) is 4.61. The van der Waals surface area contributed by atoms with Crippen LogP contribution in [0.3, 0.4) is 0 Å². The molecule has 0 aliphatic carbocycles. The molecule has 4 heteroatoms. The zero-order chi connectivity index (χ0) is 11.0. The monoisotopic (exact) mass is 206 g/mol. The van der Waals surface area contributed by atoms with Crippen molar-refractivity contribution in [3.8, 4) is 0 Å². The summed E-state index contributed by atoms with van der Waals surface area (Å²) in [5.41, 5.74) is 0. The topological polar surface area (TPSA) is 40.3 Å². The second kappa shape index (κ2) is 3.76. The summed E-state index contributed by atoms with van der Waals surface area (Å²) in [6.07, 6.45) is 1.62. The smallest absolute Gasteiger partial charge is 0.156 e. The molecule has 4 nitrogen and oxygen atoms in total. The average molecular weight is 206 g/mol. The minimum Gasteiger partial charge on any atom is -0.345 e. The zero-order valence-electron chi connectivity index (χ0n) is 9.81. The van der Waals surface area contributed by atoms with Crippen LogP contribution in [-0.2, 0) is 0 Å². The standard InChI is InChI=1S/C11H18N4/c1-7(2)11-14-10-9(5-12-6-13-10)15(11)8(3)4/h6-9H,5H2,1-4H3. The Balaban J connectivity index is 2.34. The first-order valence-corrected chi connectivity index (χ1v) is 5.54. The minimum atomic E-state index is 0.271. The third-order valence-electron chi connectivity index (χ3n) is 2.75. The van der Waals surface area contributed by atoms with Gasteiger partial charge in [-0.15, -0.1) is 0 Å². The Morgan fingerprint density at radius 1 is 1.33 bits per heavy atom. The van der Waals surface area contributed by atoms with Gasteiger partial charge >= 0.3 is 0 Å². The van der Waals surface area contributed by atoms with Crippen molar-refractivity contribution in [1.82, 2.24) is 4.90 Å². The van der Waals surface area contributed by atoms with E-state index in [0.717, 1.165) is 18.2 Å². The number of amidine groups is 2. The number of fused-ring (bicyclic) bond motifs is 1. The van der Waals surface area contributed by atoms with Crippen molar-refractivity contribution in [2.45, 2.75) is 39.8 Å². The molecule has 0 N–H and O–H groups in total. The first kappa shape index (κ1) is 10.3. The van der Waals surface area contributed by atoms with Gasteiger partial charge in [-0.05, 0) is 13.8 Å². The molecular weight excluding hydrogens is 188 g/mol. The van der Waals surface area contributed by atoms with E-state index in [4.69, 9.17) is 0 Å². The summed E-state index contributed by atoms with van der Waals surface area (Å²) < 4.78 is 0. The third kappa shape index (κ3) is 1.68. The predicted molar refractivity (Wildman–Crippen MR) is 63.8 cm³/mol. The van der Waals surface area contributed by atoms with Gasteiger partial charge in [0.2, 0.25) is 0 Å². The lowest BCUT2D eigenvalue weighted by atomic mass is 10.1. The van der Waals surface area contributed by atoms with Crippen molar-refractivity contribution >= 4 is 18.0 Å². The van der Waals surface area contributed by atoms with Crippen molar-refractivity contribution in [2.75, 3.05) is 6.54 Å². The summed E-state index contributed by atoms with van der Waals surface area (Å²) >= 11 is 0. The molecule has 2 heterocycles. The second-order valence-electron chi connectivity index (χ2n) is 4.61. The van der Waals surface area contributed by atoms with Crippen molar-refractivity contribution in [1.29, 1.82) is 0 Å². The molecule has 0 saturated heterocycles. The van der Waals surface area contributed by atoms with Gasteiger partial charge in [0.25, 0.3) is 0 Å². The maximum atomic E-state index is 4.61. The van der Waals surface area contributed by atoms with Gasteiger partial charge in [-0.25, -0.2) is 9.98 Å². The lowest BCUT2D eigenvalue weighted by Gasteiger charge is -2.32. The molecular formula is C11H18N4. The van der Waals surface area contributed by atoms with Gasteiger partial charge in [-0.1, -0.05) is 13.8 Å². The van der Waals surface area contributed by atoms with Gasteiger partial charge < -0.3 is 4.90 Å². The van der Waals surface area contributed by atoms with Crippen LogP contribution < -0.4 is 0 Å². The Bertz CT molecular complexity index is 338. The molecule has 1 unspecified atom stereocenters. The molecule has 0 fully saturated rings. The molecule has 15 heavy (non-hydrogen) atoms. The first-order chi connectivity index (χ1) is 7.11. The van der Waals surface area contributed by atoms with Crippen molar-refractivity contribution in [2.24, 2.45) is 20.9 Å². The molecule has 0 amide bonds.